The van der Waals surface area contributed by atoms with Gasteiger partial charge in [-0.25, -0.2) is 4.98 Å². The maximum absolute atomic E-state index is 11.2. The zero-order valence-electron chi connectivity index (χ0n) is 7.90. The largest absolute Gasteiger partial charge is 0.370 e. The molecule has 0 aliphatic rings. The number of amides is 2. The smallest absolute Gasteiger partial charge is 0.288 e. The topological polar surface area (TPSA) is 123 Å². The molecule has 0 spiro atoms. The first-order valence-corrected chi connectivity index (χ1v) is 4.19. The van der Waals surface area contributed by atoms with E-state index in [4.69, 9.17) is 10.5 Å². The number of nitrogens with one attached hydrogen (secondary N) is 2. The van der Waals surface area contributed by atoms with Gasteiger partial charge in [0.2, 0.25) is 11.7 Å². The Labute approximate surface area is 85.2 Å². The Morgan fingerprint density at radius 2 is 2.40 bits per heavy atom. The number of aromatic nitrogens is 3. The lowest BCUT2D eigenvalue weighted by molar-refractivity contribution is -0.122. The van der Waals surface area contributed by atoms with Crippen LogP contribution in [-0.4, -0.2) is 46.8 Å². The van der Waals surface area contributed by atoms with Crippen LogP contribution in [0.3, 0.4) is 0 Å². The lowest BCUT2D eigenvalue weighted by Gasteiger charge is -2.02. The molecule has 0 aliphatic heterocycles. The van der Waals surface area contributed by atoms with Crippen molar-refractivity contribution in [3.8, 4) is 0 Å². The Morgan fingerprint density at radius 3 is 3.00 bits per heavy atom. The quantitative estimate of drug-likeness (QED) is 0.473. The minimum absolute atomic E-state index is 0.130. The molecule has 0 saturated heterocycles. The fourth-order valence-electron chi connectivity index (χ4n) is 0.808. The normalized spacial score (nSPS) is 9.87. The van der Waals surface area contributed by atoms with E-state index < -0.39 is 5.91 Å². The van der Waals surface area contributed by atoms with Crippen molar-refractivity contribution in [2.45, 2.75) is 0 Å². The zero-order chi connectivity index (χ0) is 11.1. The van der Waals surface area contributed by atoms with Crippen molar-refractivity contribution in [3.05, 3.63) is 12.2 Å². The second-order valence-electron chi connectivity index (χ2n) is 2.61. The van der Waals surface area contributed by atoms with Gasteiger partial charge >= 0.3 is 0 Å². The van der Waals surface area contributed by atoms with Crippen LogP contribution in [0.4, 0.5) is 0 Å². The number of nitrogens with two attached hydrogens (primary N) is 1. The van der Waals surface area contributed by atoms with E-state index in [0.717, 1.165) is 0 Å². The predicted octanol–water partition coefficient (Wildman–Crippen LogP) is -1.96. The van der Waals surface area contributed by atoms with Gasteiger partial charge in [-0.1, -0.05) is 0 Å². The molecule has 0 radical (unpaired) electrons. The average Bonchev–Trinajstić information content (AvgIpc) is 2.69. The van der Waals surface area contributed by atoms with Gasteiger partial charge in [0.1, 0.15) is 12.9 Å². The van der Waals surface area contributed by atoms with Gasteiger partial charge in [0, 0.05) is 6.54 Å². The van der Waals surface area contributed by atoms with Gasteiger partial charge in [-0.05, 0) is 0 Å². The number of nitrogens with zero attached hydrogens (tertiary/aromatic N) is 2. The number of hydrogen-bond donors (Lipinski definition) is 3. The van der Waals surface area contributed by atoms with Crippen LogP contribution in [0.5, 0.6) is 0 Å². The van der Waals surface area contributed by atoms with Crippen molar-refractivity contribution >= 4 is 11.8 Å². The minimum Gasteiger partial charge on any atom is -0.370 e. The molecule has 8 nitrogen and oxygen atoms in total. The Hall–Kier alpha value is -1.96. The van der Waals surface area contributed by atoms with E-state index in [1.807, 2.05) is 0 Å². The molecule has 0 aliphatic carbocycles. The van der Waals surface area contributed by atoms with E-state index in [1.165, 1.54) is 6.33 Å². The molecule has 0 saturated carbocycles. The van der Waals surface area contributed by atoms with E-state index >= 15 is 0 Å². The van der Waals surface area contributed by atoms with E-state index in [0.29, 0.717) is 0 Å². The van der Waals surface area contributed by atoms with Crippen molar-refractivity contribution in [3.63, 3.8) is 0 Å². The van der Waals surface area contributed by atoms with Crippen LogP contribution in [-0.2, 0) is 9.53 Å². The molecule has 0 atom stereocenters. The molecule has 82 valence electrons. The molecular formula is C7H11N5O3. The van der Waals surface area contributed by atoms with Crippen LogP contribution in [0.2, 0.25) is 0 Å². The fourth-order valence-corrected chi connectivity index (χ4v) is 0.808. The summed E-state index contributed by atoms with van der Waals surface area (Å²) in [5.41, 5.74) is 4.84. The SMILES string of the molecule is NC(=O)COCCNC(=O)c1ncn[nH]1. The number of ether oxygens (including phenoxy) is 1. The van der Waals surface area contributed by atoms with Gasteiger partial charge in [0.05, 0.1) is 6.61 Å². The summed E-state index contributed by atoms with van der Waals surface area (Å²) >= 11 is 0. The summed E-state index contributed by atoms with van der Waals surface area (Å²) in [6, 6.07) is 0. The molecule has 0 fully saturated rings. The van der Waals surface area contributed by atoms with Gasteiger partial charge in [-0.2, -0.15) is 5.10 Å². The summed E-state index contributed by atoms with van der Waals surface area (Å²) in [7, 11) is 0. The number of primary amides is 1. The third kappa shape index (κ3) is 4.18. The Balaban J connectivity index is 2.10. The molecule has 1 aromatic heterocycles. The number of carbonyl (C=O) groups excluding carboxylic acids is 2. The molecule has 0 aromatic carbocycles. The highest BCUT2D eigenvalue weighted by Gasteiger charge is 2.06. The van der Waals surface area contributed by atoms with Crippen LogP contribution >= 0.6 is 0 Å². The number of H-pyrrole nitrogens is 1. The van der Waals surface area contributed by atoms with E-state index in [9.17, 15) is 9.59 Å². The third-order valence-corrected chi connectivity index (χ3v) is 1.41. The molecule has 8 heteroatoms. The van der Waals surface area contributed by atoms with Crippen LogP contribution in [0.15, 0.2) is 6.33 Å². The summed E-state index contributed by atoms with van der Waals surface area (Å²) in [4.78, 5) is 25.1. The molecule has 2 amide bonds. The third-order valence-electron chi connectivity index (χ3n) is 1.41. The molecule has 4 N–H and O–H groups in total. The number of aromatic amines is 1. The van der Waals surface area contributed by atoms with Crippen LogP contribution < -0.4 is 11.1 Å². The lowest BCUT2D eigenvalue weighted by atomic mass is 10.5. The summed E-state index contributed by atoms with van der Waals surface area (Å²) < 4.78 is 4.83. The number of carbonyl (C=O) groups is 2. The standard InChI is InChI=1S/C7H11N5O3/c8-5(13)3-15-2-1-9-7(14)6-10-4-11-12-6/h4H,1-3H2,(H2,8,13)(H,9,14)(H,10,11,12). The van der Waals surface area contributed by atoms with Gasteiger partial charge in [0.25, 0.3) is 5.91 Å². The number of rotatable bonds is 6. The van der Waals surface area contributed by atoms with Crippen LogP contribution in [0.25, 0.3) is 0 Å². The Bertz CT molecular complexity index is 323. The molecular weight excluding hydrogens is 202 g/mol. The van der Waals surface area contributed by atoms with Gasteiger partial charge in [-0.3, -0.25) is 14.7 Å². The zero-order valence-corrected chi connectivity index (χ0v) is 7.90. The minimum atomic E-state index is -0.545. The first-order valence-electron chi connectivity index (χ1n) is 4.19. The van der Waals surface area contributed by atoms with Gasteiger partial charge in [-0.15, -0.1) is 0 Å². The fraction of sp³-hybridized carbons (Fsp3) is 0.429. The summed E-state index contributed by atoms with van der Waals surface area (Å²) in [5.74, 6) is -0.795. The summed E-state index contributed by atoms with van der Waals surface area (Å²) in [6.45, 7) is 0.327. The highest BCUT2D eigenvalue weighted by Crippen LogP contribution is 1.84. The van der Waals surface area contributed by atoms with Crippen molar-refractivity contribution in [1.82, 2.24) is 20.5 Å². The summed E-state index contributed by atoms with van der Waals surface area (Å²) in [6.07, 6.45) is 1.23. The van der Waals surface area contributed by atoms with E-state index in [2.05, 4.69) is 20.5 Å². The lowest BCUT2D eigenvalue weighted by Crippen LogP contribution is -2.29. The highest BCUT2D eigenvalue weighted by molar-refractivity contribution is 5.90. The second kappa shape index (κ2) is 5.70. The molecule has 1 heterocycles. The number of hydrogen-bond acceptors (Lipinski definition) is 5. The van der Waals surface area contributed by atoms with E-state index in [-0.39, 0.29) is 31.5 Å². The van der Waals surface area contributed by atoms with Gasteiger partial charge < -0.3 is 15.8 Å². The highest BCUT2D eigenvalue weighted by atomic mass is 16.5. The van der Waals surface area contributed by atoms with Crippen molar-refractivity contribution in [2.24, 2.45) is 5.73 Å². The second-order valence-corrected chi connectivity index (χ2v) is 2.61. The molecule has 0 bridgehead atoms. The Kier molecular flexibility index (Phi) is 4.23. The van der Waals surface area contributed by atoms with Crippen molar-refractivity contribution in [1.29, 1.82) is 0 Å². The molecule has 15 heavy (non-hydrogen) atoms. The van der Waals surface area contributed by atoms with Crippen LogP contribution in [0, 0.1) is 0 Å². The van der Waals surface area contributed by atoms with Gasteiger partial charge in [0.15, 0.2) is 0 Å². The van der Waals surface area contributed by atoms with E-state index in [1.54, 1.807) is 0 Å². The average molecular weight is 213 g/mol. The van der Waals surface area contributed by atoms with Crippen molar-refractivity contribution in [2.75, 3.05) is 19.8 Å². The molecule has 1 aromatic rings. The molecule has 0 unspecified atom stereocenters. The maximum Gasteiger partial charge on any atom is 0.288 e. The monoisotopic (exact) mass is 213 g/mol. The summed E-state index contributed by atoms with van der Waals surface area (Å²) in [5, 5.41) is 8.44. The predicted molar refractivity (Wildman–Crippen MR) is 48.7 cm³/mol. The molecule has 1 rings (SSSR count). The first kappa shape index (κ1) is 11.1. The maximum atomic E-state index is 11.2. The first-order chi connectivity index (χ1) is 7.20. The Morgan fingerprint density at radius 1 is 1.60 bits per heavy atom. The van der Waals surface area contributed by atoms with Crippen molar-refractivity contribution < 1.29 is 14.3 Å². The van der Waals surface area contributed by atoms with Crippen LogP contribution in [0.1, 0.15) is 10.6 Å².